The van der Waals surface area contributed by atoms with Crippen molar-refractivity contribution in [3.05, 3.63) is 23.4 Å². The monoisotopic (exact) mass is 414 g/mol. The SMILES string of the molecule is COC1CCN(c2nc(C(F)(F)F)ccc2C#N)C(CNC(=O)OC(C)(C)C)C1. The van der Waals surface area contributed by atoms with Crippen LogP contribution in [0.4, 0.5) is 23.8 Å². The highest BCUT2D eigenvalue weighted by Gasteiger charge is 2.36. The summed E-state index contributed by atoms with van der Waals surface area (Å²) in [4.78, 5) is 17.3. The first-order chi connectivity index (χ1) is 13.4. The number of ether oxygens (including phenoxy) is 2. The van der Waals surface area contributed by atoms with Gasteiger partial charge in [-0.2, -0.15) is 18.4 Å². The number of pyridine rings is 1. The van der Waals surface area contributed by atoms with Crippen LogP contribution in [0.1, 0.15) is 44.9 Å². The molecule has 2 rings (SSSR count). The largest absolute Gasteiger partial charge is 0.444 e. The number of amides is 1. The second-order valence-corrected chi connectivity index (χ2v) is 7.79. The summed E-state index contributed by atoms with van der Waals surface area (Å²) < 4.78 is 50.0. The molecule has 1 aromatic heterocycles. The van der Waals surface area contributed by atoms with Gasteiger partial charge in [0.15, 0.2) is 0 Å². The minimum Gasteiger partial charge on any atom is -0.444 e. The maximum atomic E-state index is 13.1. The number of nitrogens with zero attached hydrogens (tertiary/aromatic N) is 3. The van der Waals surface area contributed by atoms with Crippen molar-refractivity contribution in [2.75, 3.05) is 25.1 Å². The number of rotatable bonds is 4. The van der Waals surface area contributed by atoms with Crippen molar-refractivity contribution < 1.29 is 27.4 Å². The molecule has 1 aliphatic heterocycles. The van der Waals surface area contributed by atoms with Crippen LogP contribution >= 0.6 is 0 Å². The van der Waals surface area contributed by atoms with Gasteiger partial charge in [-0.05, 0) is 45.7 Å². The van der Waals surface area contributed by atoms with Crippen LogP contribution in [0, 0.1) is 11.3 Å². The van der Waals surface area contributed by atoms with Crippen molar-refractivity contribution in [3.8, 4) is 6.07 Å². The van der Waals surface area contributed by atoms with Gasteiger partial charge in [0.2, 0.25) is 0 Å². The number of hydrogen-bond acceptors (Lipinski definition) is 6. The summed E-state index contributed by atoms with van der Waals surface area (Å²) in [7, 11) is 1.56. The topological polar surface area (TPSA) is 87.5 Å². The molecule has 0 saturated carbocycles. The Hall–Kier alpha value is -2.54. The number of carbonyl (C=O) groups is 1. The van der Waals surface area contributed by atoms with Gasteiger partial charge in [0.05, 0.1) is 17.7 Å². The molecule has 2 atom stereocenters. The third-order valence-electron chi connectivity index (χ3n) is 4.44. The van der Waals surface area contributed by atoms with E-state index in [4.69, 9.17) is 9.47 Å². The van der Waals surface area contributed by atoms with Gasteiger partial charge >= 0.3 is 12.3 Å². The molecular formula is C19H25F3N4O3. The molecule has 1 amide bonds. The van der Waals surface area contributed by atoms with Crippen molar-refractivity contribution >= 4 is 11.9 Å². The van der Waals surface area contributed by atoms with Crippen molar-refractivity contribution in [3.63, 3.8) is 0 Å². The summed E-state index contributed by atoms with van der Waals surface area (Å²) >= 11 is 0. The van der Waals surface area contributed by atoms with Crippen LogP contribution in [-0.2, 0) is 15.7 Å². The molecule has 1 fully saturated rings. The fourth-order valence-electron chi connectivity index (χ4n) is 3.13. The highest BCUT2D eigenvalue weighted by Crippen LogP contribution is 2.33. The fraction of sp³-hybridized carbons (Fsp3) is 0.632. The van der Waals surface area contributed by atoms with Gasteiger partial charge in [0.25, 0.3) is 0 Å². The fourth-order valence-corrected chi connectivity index (χ4v) is 3.13. The molecule has 29 heavy (non-hydrogen) atoms. The molecule has 1 saturated heterocycles. The first kappa shape index (κ1) is 22.7. The summed E-state index contributed by atoms with van der Waals surface area (Å²) in [5, 5.41) is 12.0. The number of hydrogen-bond donors (Lipinski definition) is 1. The number of nitrogens with one attached hydrogen (secondary N) is 1. The Balaban J connectivity index is 2.28. The molecule has 1 N–H and O–H groups in total. The summed E-state index contributed by atoms with van der Waals surface area (Å²) in [6.07, 6.45) is -4.36. The van der Waals surface area contributed by atoms with E-state index >= 15 is 0 Å². The van der Waals surface area contributed by atoms with E-state index in [1.54, 1.807) is 32.8 Å². The summed E-state index contributed by atoms with van der Waals surface area (Å²) in [5.41, 5.74) is -1.71. The van der Waals surface area contributed by atoms with E-state index in [0.717, 1.165) is 12.1 Å². The lowest BCUT2D eigenvalue weighted by molar-refractivity contribution is -0.141. The first-order valence-electron chi connectivity index (χ1n) is 9.19. The summed E-state index contributed by atoms with van der Waals surface area (Å²) in [6, 6.07) is 3.39. The Bertz CT molecular complexity index is 771. The standard InChI is InChI=1S/C19H25F3N4O3/c1-18(2,3)29-17(27)24-11-13-9-14(28-4)7-8-26(13)16-12(10-23)5-6-15(25-16)19(20,21)22/h5-6,13-14H,7-9,11H2,1-4H3,(H,24,27). The van der Waals surface area contributed by atoms with Crippen LogP contribution in [0.15, 0.2) is 12.1 Å². The van der Waals surface area contributed by atoms with E-state index < -0.39 is 29.6 Å². The van der Waals surface area contributed by atoms with Gasteiger partial charge < -0.3 is 19.7 Å². The maximum Gasteiger partial charge on any atom is 0.433 e. The minimum absolute atomic E-state index is 0.0381. The molecule has 160 valence electrons. The smallest absolute Gasteiger partial charge is 0.433 e. The molecule has 2 unspecified atom stereocenters. The van der Waals surface area contributed by atoms with E-state index in [-0.39, 0.29) is 24.0 Å². The molecule has 1 aromatic rings. The van der Waals surface area contributed by atoms with E-state index in [2.05, 4.69) is 10.3 Å². The molecule has 0 radical (unpaired) electrons. The van der Waals surface area contributed by atoms with Crippen LogP contribution in [0.25, 0.3) is 0 Å². The number of anilines is 1. The molecule has 0 spiro atoms. The van der Waals surface area contributed by atoms with Gasteiger partial charge in [-0.15, -0.1) is 0 Å². The Morgan fingerprint density at radius 2 is 2.07 bits per heavy atom. The molecule has 1 aliphatic rings. The number of alkyl carbamates (subject to hydrolysis) is 1. The van der Waals surface area contributed by atoms with Crippen molar-refractivity contribution in [2.24, 2.45) is 0 Å². The Morgan fingerprint density at radius 1 is 1.38 bits per heavy atom. The predicted molar refractivity (Wildman–Crippen MR) is 99.4 cm³/mol. The van der Waals surface area contributed by atoms with Crippen LogP contribution in [0.2, 0.25) is 0 Å². The molecule has 2 heterocycles. The number of alkyl halides is 3. The molecule has 10 heteroatoms. The van der Waals surface area contributed by atoms with Crippen molar-refractivity contribution in [2.45, 2.75) is 57.5 Å². The van der Waals surface area contributed by atoms with E-state index in [0.29, 0.717) is 19.4 Å². The Morgan fingerprint density at radius 3 is 2.62 bits per heavy atom. The van der Waals surface area contributed by atoms with Crippen LogP contribution < -0.4 is 10.2 Å². The Labute approximate surface area is 167 Å². The lowest BCUT2D eigenvalue weighted by Gasteiger charge is -2.40. The molecule has 0 bridgehead atoms. The van der Waals surface area contributed by atoms with Crippen LogP contribution in [-0.4, -0.2) is 49.0 Å². The Kier molecular flexibility index (Phi) is 6.95. The lowest BCUT2D eigenvalue weighted by Crippen LogP contribution is -2.51. The zero-order valence-corrected chi connectivity index (χ0v) is 16.8. The maximum absolute atomic E-state index is 13.1. The molecular weight excluding hydrogens is 389 g/mol. The third kappa shape index (κ3) is 6.22. The highest BCUT2D eigenvalue weighted by molar-refractivity contribution is 5.68. The molecule has 0 aromatic carbocycles. The van der Waals surface area contributed by atoms with Gasteiger partial charge in [0, 0.05) is 20.2 Å². The average Bonchev–Trinajstić information content (AvgIpc) is 2.63. The summed E-state index contributed by atoms with van der Waals surface area (Å²) in [5.74, 6) is -0.0483. The quantitative estimate of drug-likeness (QED) is 0.812. The minimum atomic E-state index is -4.63. The predicted octanol–water partition coefficient (Wildman–Crippen LogP) is 3.48. The second kappa shape index (κ2) is 8.86. The number of piperidine rings is 1. The third-order valence-corrected chi connectivity index (χ3v) is 4.44. The highest BCUT2D eigenvalue weighted by atomic mass is 19.4. The molecule has 0 aliphatic carbocycles. The molecule has 7 nitrogen and oxygen atoms in total. The van der Waals surface area contributed by atoms with Gasteiger partial charge in [0.1, 0.15) is 23.2 Å². The number of halogens is 3. The lowest BCUT2D eigenvalue weighted by atomic mass is 9.98. The van der Waals surface area contributed by atoms with Crippen molar-refractivity contribution in [1.82, 2.24) is 10.3 Å². The summed E-state index contributed by atoms with van der Waals surface area (Å²) in [6.45, 7) is 5.63. The number of methoxy groups -OCH3 is 1. The van der Waals surface area contributed by atoms with E-state index in [1.165, 1.54) is 0 Å². The van der Waals surface area contributed by atoms with E-state index in [9.17, 15) is 23.2 Å². The number of aromatic nitrogens is 1. The zero-order chi connectivity index (χ0) is 21.8. The van der Waals surface area contributed by atoms with Crippen molar-refractivity contribution in [1.29, 1.82) is 5.26 Å². The second-order valence-electron chi connectivity index (χ2n) is 7.79. The van der Waals surface area contributed by atoms with Gasteiger partial charge in [-0.1, -0.05) is 0 Å². The number of nitriles is 1. The van der Waals surface area contributed by atoms with Gasteiger partial charge in [-0.3, -0.25) is 0 Å². The zero-order valence-electron chi connectivity index (χ0n) is 16.8. The first-order valence-corrected chi connectivity index (χ1v) is 9.19. The normalized spacial score (nSPS) is 20.1. The number of carbonyl (C=O) groups excluding carboxylic acids is 1. The van der Waals surface area contributed by atoms with Gasteiger partial charge in [-0.25, -0.2) is 9.78 Å². The van der Waals surface area contributed by atoms with Crippen LogP contribution in [0.3, 0.4) is 0 Å². The van der Waals surface area contributed by atoms with Crippen LogP contribution in [0.5, 0.6) is 0 Å². The average molecular weight is 414 g/mol. The van der Waals surface area contributed by atoms with E-state index in [1.807, 2.05) is 6.07 Å².